The van der Waals surface area contributed by atoms with Crippen LogP contribution in [-0.2, 0) is 20.8 Å². The van der Waals surface area contributed by atoms with Crippen LogP contribution in [0.1, 0.15) is 32.4 Å². The van der Waals surface area contributed by atoms with Gasteiger partial charge in [-0.1, -0.05) is 50.6 Å². The quantitative estimate of drug-likeness (QED) is 0.491. The third kappa shape index (κ3) is 4.04. The van der Waals surface area contributed by atoms with Gasteiger partial charge in [-0.15, -0.1) is 4.28 Å². The van der Waals surface area contributed by atoms with Crippen molar-refractivity contribution in [2.45, 2.75) is 33.1 Å². The number of hydrogen-bond acceptors (Lipinski definition) is 6. The molecule has 0 N–H and O–H groups in total. The zero-order valence-electron chi connectivity index (χ0n) is 17.0. The summed E-state index contributed by atoms with van der Waals surface area (Å²) in [5.41, 5.74) is 3.52. The van der Waals surface area contributed by atoms with Crippen molar-refractivity contribution in [3.05, 3.63) is 66.4 Å². The third-order valence-corrected chi connectivity index (χ3v) is 6.02. The summed E-state index contributed by atoms with van der Waals surface area (Å²) >= 11 is 0. The lowest BCUT2D eigenvalue weighted by atomic mass is 10.0. The summed E-state index contributed by atoms with van der Waals surface area (Å²) < 4.78 is 36.9. The second-order valence-corrected chi connectivity index (χ2v) is 8.79. The first-order valence-electron chi connectivity index (χ1n) is 10.1. The molecule has 30 heavy (non-hydrogen) atoms. The molecule has 1 aliphatic rings. The number of anilines is 2. The van der Waals surface area contributed by atoms with Gasteiger partial charge in [0, 0.05) is 11.3 Å². The molecule has 0 radical (unpaired) electrons. The van der Waals surface area contributed by atoms with Crippen LogP contribution in [0.15, 0.2) is 60.7 Å². The van der Waals surface area contributed by atoms with Crippen molar-refractivity contribution in [1.82, 2.24) is 4.98 Å². The number of aromatic nitrogens is 1. The summed E-state index contributed by atoms with van der Waals surface area (Å²) in [6.45, 7) is 3.91. The molecule has 0 amide bonds. The standard InChI is InChI=1S/C23H24N2O4S/c1-3-9-17-10-7-12-19(24-17)18-11-8-15-22-23(18)25(29-30(26,27)16-4-2)20-13-5-6-14-21(20)28-22/h5-8,10-15H,3-4,9,16H2,1-2H3. The number of rotatable bonds is 7. The molecule has 0 bridgehead atoms. The van der Waals surface area contributed by atoms with E-state index in [0.717, 1.165) is 29.8 Å². The van der Waals surface area contributed by atoms with Crippen LogP contribution in [0.2, 0.25) is 0 Å². The number of hydrogen-bond donors (Lipinski definition) is 0. The minimum Gasteiger partial charge on any atom is -0.453 e. The fraction of sp³-hybridized carbons (Fsp3) is 0.261. The Bertz CT molecular complexity index is 1160. The lowest BCUT2D eigenvalue weighted by molar-refractivity contribution is 0.308. The van der Waals surface area contributed by atoms with Gasteiger partial charge < -0.3 is 4.74 Å². The smallest absolute Gasteiger partial charge is 0.288 e. The van der Waals surface area contributed by atoms with Gasteiger partial charge in [-0.05, 0) is 43.2 Å². The van der Waals surface area contributed by atoms with Crippen molar-refractivity contribution in [3.63, 3.8) is 0 Å². The number of fused-ring (bicyclic) bond motifs is 2. The fourth-order valence-electron chi connectivity index (χ4n) is 3.47. The van der Waals surface area contributed by atoms with E-state index in [1.807, 2.05) is 42.5 Å². The van der Waals surface area contributed by atoms with Crippen molar-refractivity contribution in [1.29, 1.82) is 0 Å². The molecule has 156 valence electrons. The Morgan fingerprint density at radius 3 is 2.50 bits per heavy atom. The number of ether oxygens (including phenoxy) is 1. The monoisotopic (exact) mass is 424 g/mol. The fourth-order valence-corrected chi connectivity index (χ4v) is 4.43. The number of aryl methyl sites for hydroxylation is 1. The second-order valence-electron chi connectivity index (χ2n) is 7.12. The van der Waals surface area contributed by atoms with Gasteiger partial charge in [-0.3, -0.25) is 4.98 Å². The van der Waals surface area contributed by atoms with Crippen LogP contribution in [0.25, 0.3) is 11.3 Å². The van der Waals surface area contributed by atoms with E-state index in [1.165, 1.54) is 5.06 Å². The molecule has 1 aliphatic heterocycles. The highest BCUT2D eigenvalue weighted by atomic mass is 32.2. The van der Waals surface area contributed by atoms with Crippen LogP contribution in [0.4, 0.5) is 11.4 Å². The largest absolute Gasteiger partial charge is 0.453 e. The molecule has 3 aromatic rings. The van der Waals surface area contributed by atoms with Gasteiger partial charge in [-0.2, -0.15) is 13.5 Å². The summed E-state index contributed by atoms with van der Waals surface area (Å²) in [6.07, 6.45) is 2.32. The topological polar surface area (TPSA) is 68.7 Å². The molecule has 2 heterocycles. The predicted octanol–water partition coefficient (Wildman–Crippen LogP) is 5.62. The summed E-state index contributed by atoms with van der Waals surface area (Å²) in [4.78, 5) is 4.78. The van der Waals surface area contributed by atoms with Gasteiger partial charge in [-0.25, -0.2) is 0 Å². The molecule has 0 fully saturated rings. The molecular formula is C23H24N2O4S. The predicted molar refractivity (Wildman–Crippen MR) is 117 cm³/mol. The lowest BCUT2D eigenvalue weighted by Crippen LogP contribution is -2.27. The van der Waals surface area contributed by atoms with Crippen LogP contribution in [-0.4, -0.2) is 19.2 Å². The molecule has 0 spiro atoms. The van der Waals surface area contributed by atoms with Crippen LogP contribution in [0.5, 0.6) is 11.5 Å². The summed E-state index contributed by atoms with van der Waals surface area (Å²) in [5, 5.41) is 1.36. The van der Waals surface area contributed by atoms with Crippen molar-refractivity contribution >= 4 is 21.5 Å². The van der Waals surface area contributed by atoms with E-state index < -0.39 is 10.1 Å². The second kappa shape index (κ2) is 8.45. The minimum absolute atomic E-state index is 0.0751. The average molecular weight is 425 g/mol. The van der Waals surface area contributed by atoms with E-state index in [-0.39, 0.29) is 5.75 Å². The molecule has 6 nitrogen and oxygen atoms in total. The molecule has 1 aromatic heterocycles. The van der Waals surface area contributed by atoms with Gasteiger partial charge in [0.1, 0.15) is 11.4 Å². The molecule has 0 atom stereocenters. The summed E-state index contributed by atoms with van der Waals surface area (Å²) in [5.74, 6) is 0.969. The first-order valence-corrected chi connectivity index (χ1v) is 11.7. The van der Waals surface area contributed by atoms with Gasteiger partial charge >= 0.3 is 0 Å². The van der Waals surface area contributed by atoms with E-state index in [2.05, 4.69) is 6.92 Å². The zero-order chi connectivity index (χ0) is 21.1. The molecule has 0 saturated carbocycles. The highest BCUT2D eigenvalue weighted by Gasteiger charge is 2.32. The number of pyridine rings is 1. The van der Waals surface area contributed by atoms with Crippen LogP contribution >= 0.6 is 0 Å². The van der Waals surface area contributed by atoms with Crippen LogP contribution in [0.3, 0.4) is 0 Å². The summed E-state index contributed by atoms with van der Waals surface area (Å²) in [7, 11) is -3.78. The van der Waals surface area contributed by atoms with Gasteiger partial charge in [0.25, 0.3) is 10.1 Å². The average Bonchev–Trinajstić information content (AvgIpc) is 2.73. The summed E-state index contributed by atoms with van der Waals surface area (Å²) in [6, 6.07) is 18.7. The first-order chi connectivity index (χ1) is 14.5. The number of nitrogens with zero attached hydrogens (tertiary/aromatic N) is 2. The van der Waals surface area contributed by atoms with E-state index >= 15 is 0 Å². The van der Waals surface area contributed by atoms with E-state index in [4.69, 9.17) is 14.0 Å². The Morgan fingerprint density at radius 2 is 1.70 bits per heavy atom. The maximum atomic E-state index is 12.6. The maximum absolute atomic E-state index is 12.6. The molecule has 0 saturated heterocycles. The van der Waals surface area contributed by atoms with Crippen molar-refractivity contribution < 1.29 is 17.4 Å². The molecular weight excluding hydrogens is 400 g/mol. The Balaban J connectivity index is 1.88. The van der Waals surface area contributed by atoms with Crippen molar-refractivity contribution in [3.8, 4) is 22.8 Å². The van der Waals surface area contributed by atoms with Gasteiger partial charge in [0.05, 0.1) is 11.4 Å². The van der Waals surface area contributed by atoms with Crippen molar-refractivity contribution in [2.75, 3.05) is 10.8 Å². The van der Waals surface area contributed by atoms with Crippen LogP contribution in [0, 0.1) is 0 Å². The van der Waals surface area contributed by atoms with Crippen molar-refractivity contribution in [2.24, 2.45) is 0 Å². The third-order valence-electron chi connectivity index (χ3n) is 4.74. The van der Waals surface area contributed by atoms with Gasteiger partial charge in [0.15, 0.2) is 11.5 Å². The number of para-hydroxylation sites is 3. The van der Waals surface area contributed by atoms with E-state index in [9.17, 15) is 8.42 Å². The van der Waals surface area contributed by atoms with Crippen LogP contribution < -0.4 is 9.80 Å². The Morgan fingerprint density at radius 1 is 0.933 bits per heavy atom. The highest BCUT2D eigenvalue weighted by Crippen LogP contribution is 2.50. The van der Waals surface area contributed by atoms with Gasteiger partial charge in [0.2, 0.25) is 0 Å². The van der Waals surface area contributed by atoms with E-state index in [0.29, 0.717) is 29.3 Å². The number of benzene rings is 2. The maximum Gasteiger partial charge on any atom is 0.288 e. The minimum atomic E-state index is -3.78. The molecule has 4 rings (SSSR count). The highest BCUT2D eigenvalue weighted by molar-refractivity contribution is 7.86. The Labute approximate surface area is 177 Å². The Kier molecular flexibility index (Phi) is 5.74. The molecule has 7 heteroatoms. The first kappa shape index (κ1) is 20.4. The lowest BCUT2D eigenvalue weighted by Gasteiger charge is -2.32. The van der Waals surface area contributed by atoms with E-state index in [1.54, 1.807) is 25.1 Å². The molecule has 2 aromatic carbocycles. The normalized spacial score (nSPS) is 12.8. The molecule has 0 aliphatic carbocycles. The Hall–Kier alpha value is -2.90. The molecule has 0 unspecified atom stereocenters. The zero-order valence-corrected chi connectivity index (χ0v) is 17.9. The SMILES string of the molecule is CCCc1cccc(-c2cccc3c2N(OS(=O)(=O)CCC)c2ccccc2O3)n1.